The minimum absolute atomic E-state index is 0.0877. The molecule has 0 spiro atoms. The zero-order chi connectivity index (χ0) is 27.1. The van der Waals surface area contributed by atoms with Crippen LogP contribution in [-0.2, 0) is 4.79 Å². The predicted octanol–water partition coefficient (Wildman–Crippen LogP) is 7.82. The number of anilines is 3. The molecule has 7 nitrogen and oxygen atoms in total. The van der Waals surface area contributed by atoms with Crippen molar-refractivity contribution in [3.63, 3.8) is 0 Å². The summed E-state index contributed by atoms with van der Waals surface area (Å²) in [5.74, 6) is -2.33. The maximum absolute atomic E-state index is 13.0. The highest BCUT2D eigenvalue weighted by Gasteiger charge is 2.67. The van der Waals surface area contributed by atoms with E-state index in [9.17, 15) is 14.4 Å². The van der Waals surface area contributed by atoms with Crippen LogP contribution >= 0.6 is 58.0 Å². The molecule has 0 radical (unpaired) electrons. The van der Waals surface area contributed by atoms with Gasteiger partial charge in [-0.15, -0.1) is 23.2 Å². The molecule has 37 heavy (non-hydrogen) atoms. The van der Waals surface area contributed by atoms with Gasteiger partial charge in [0.05, 0.1) is 16.5 Å². The van der Waals surface area contributed by atoms with Gasteiger partial charge in [-0.2, -0.15) is 0 Å². The van der Waals surface area contributed by atoms with Crippen LogP contribution in [0.1, 0.15) is 27.4 Å². The first kappa shape index (κ1) is 27.4. The number of carbonyl (C=O) groups is 3. The van der Waals surface area contributed by atoms with Crippen molar-refractivity contribution in [2.45, 2.75) is 17.2 Å². The number of nitrogens with one attached hydrogen (secondary N) is 3. The Balaban J connectivity index is 1.50. The van der Waals surface area contributed by atoms with Gasteiger partial charge in [-0.05, 0) is 66.6 Å². The first-order valence-corrected chi connectivity index (χ1v) is 12.6. The summed E-state index contributed by atoms with van der Waals surface area (Å²) < 4.78 is -1.36. The molecule has 4 rings (SSSR count). The van der Waals surface area contributed by atoms with Crippen molar-refractivity contribution in [3.8, 4) is 0 Å². The van der Waals surface area contributed by atoms with E-state index < -0.39 is 34.1 Å². The summed E-state index contributed by atoms with van der Waals surface area (Å²) in [5, 5.41) is 17.6. The lowest BCUT2D eigenvalue weighted by Gasteiger charge is -2.12. The Bertz CT molecular complexity index is 1410. The van der Waals surface area contributed by atoms with Crippen LogP contribution in [0.4, 0.5) is 21.9 Å². The van der Waals surface area contributed by atoms with E-state index in [1.54, 1.807) is 37.3 Å². The molecule has 12 heteroatoms. The summed E-state index contributed by atoms with van der Waals surface area (Å²) >= 11 is 31.2. The van der Waals surface area contributed by atoms with Crippen molar-refractivity contribution in [2.24, 2.45) is 5.92 Å². The second kappa shape index (κ2) is 10.6. The summed E-state index contributed by atoms with van der Waals surface area (Å²) in [6.45, 7) is 1.72. The third-order valence-corrected chi connectivity index (χ3v) is 7.50. The van der Waals surface area contributed by atoms with Gasteiger partial charge in [-0.25, -0.2) is 4.79 Å². The normalized spacial score (nSPS) is 17.6. The third-order valence-electron chi connectivity index (χ3n) is 5.80. The molecule has 0 saturated heterocycles. The second-order valence-corrected chi connectivity index (χ2v) is 11.2. The third kappa shape index (κ3) is 6.08. The fourth-order valence-corrected chi connectivity index (χ4v) is 5.54. The van der Waals surface area contributed by atoms with Crippen LogP contribution in [0, 0.1) is 12.8 Å². The first-order valence-electron chi connectivity index (χ1n) is 10.7. The van der Waals surface area contributed by atoms with Crippen LogP contribution in [0.15, 0.2) is 54.6 Å². The number of benzene rings is 3. The van der Waals surface area contributed by atoms with Crippen molar-refractivity contribution in [3.05, 3.63) is 86.4 Å². The van der Waals surface area contributed by atoms with Gasteiger partial charge in [0, 0.05) is 33.0 Å². The van der Waals surface area contributed by atoms with Crippen LogP contribution in [0.25, 0.3) is 0 Å². The summed E-state index contributed by atoms with van der Waals surface area (Å²) in [6, 6.07) is 14.0. The zero-order valence-corrected chi connectivity index (χ0v) is 22.7. The summed E-state index contributed by atoms with van der Waals surface area (Å²) in [5.41, 5.74) is 2.37. The number of amides is 3. The molecule has 192 valence electrons. The molecule has 3 amide bonds. The SMILES string of the molecule is Cc1ccc(NC(=O)c2cc(NC(=O)C3C(c4cc(Cl)cc(Cl)c4)C3(Cl)Cl)ccc2Cl)cc1NC(=O)O. The standard InChI is InChI=1S/C25H18Cl5N3O4/c1-11-2-3-16(10-19(11)33-24(36)37)31-22(34)17-9-15(4-5-18(17)28)32-23(35)21-20(25(21,29)30)12-6-13(26)8-14(27)7-12/h2-10,20-21,33H,1H3,(H,31,34)(H,32,35)(H,36,37). The molecule has 4 N–H and O–H groups in total. The van der Waals surface area contributed by atoms with E-state index in [0.717, 1.165) is 0 Å². The monoisotopic (exact) mass is 599 g/mol. The lowest BCUT2D eigenvalue weighted by Crippen LogP contribution is -2.18. The molecule has 1 fully saturated rings. The van der Waals surface area contributed by atoms with Crippen molar-refractivity contribution in [2.75, 3.05) is 16.0 Å². The lowest BCUT2D eigenvalue weighted by molar-refractivity contribution is -0.117. The molecule has 1 aliphatic carbocycles. The van der Waals surface area contributed by atoms with E-state index in [2.05, 4.69) is 16.0 Å². The van der Waals surface area contributed by atoms with Gasteiger partial charge in [-0.3, -0.25) is 14.9 Å². The van der Waals surface area contributed by atoms with Crippen molar-refractivity contribution in [1.82, 2.24) is 0 Å². The molecule has 0 aliphatic heterocycles. The summed E-state index contributed by atoms with van der Waals surface area (Å²) in [4.78, 5) is 36.9. The first-order chi connectivity index (χ1) is 17.4. The Hall–Kier alpha value is -2.68. The van der Waals surface area contributed by atoms with E-state index in [1.165, 1.54) is 24.3 Å². The van der Waals surface area contributed by atoms with Gasteiger partial charge in [-0.1, -0.05) is 40.9 Å². The fourth-order valence-electron chi connectivity index (χ4n) is 3.97. The van der Waals surface area contributed by atoms with Crippen LogP contribution in [-0.4, -0.2) is 27.3 Å². The molecule has 3 aromatic carbocycles. The van der Waals surface area contributed by atoms with Crippen molar-refractivity contribution >= 4 is 93.0 Å². The van der Waals surface area contributed by atoms with Gasteiger partial charge in [0.2, 0.25) is 5.91 Å². The van der Waals surface area contributed by atoms with E-state index in [4.69, 9.17) is 63.1 Å². The topological polar surface area (TPSA) is 108 Å². The van der Waals surface area contributed by atoms with E-state index in [0.29, 0.717) is 38.2 Å². The second-order valence-electron chi connectivity index (χ2n) is 8.43. The van der Waals surface area contributed by atoms with Crippen LogP contribution in [0.5, 0.6) is 0 Å². The number of hydrogen-bond donors (Lipinski definition) is 4. The number of carboxylic acid groups (broad SMARTS) is 1. The zero-order valence-electron chi connectivity index (χ0n) is 18.9. The van der Waals surface area contributed by atoms with Gasteiger partial charge < -0.3 is 15.7 Å². The predicted molar refractivity (Wildman–Crippen MR) is 148 cm³/mol. The van der Waals surface area contributed by atoms with Crippen LogP contribution in [0.3, 0.4) is 0 Å². The Morgan fingerprint density at radius 1 is 0.838 bits per heavy atom. The molecule has 1 aliphatic rings. The highest BCUT2D eigenvalue weighted by Crippen LogP contribution is 2.65. The minimum atomic E-state index is -1.36. The van der Waals surface area contributed by atoms with Crippen molar-refractivity contribution < 1.29 is 19.5 Å². The smallest absolute Gasteiger partial charge is 0.409 e. The van der Waals surface area contributed by atoms with E-state index in [1.807, 2.05) is 0 Å². The summed E-state index contributed by atoms with van der Waals surface area (Å²) in [7, 11) is 0. The highest BCUT2D eigenvalue weighted by atomic mass is 35.5. The quantitative estimate of drug-likeness (QED) is 0.216. The molecular formula is C25H18Cl5N3O4. The van der Waals surface area contributed by atoms with Crippen LogP contribution in [0.2, 0.25) is 15.1 Å². The molecule has 2 unspecified atom stereocenters. The highest BCUT2D eigenvalue weighted by molar-refractivity contribution is 6.53. The minimum Gasteiger partial charge on any atom is -0.465 e. The molecule has 1 saturated carbocycles. The fraction of sp³-hybridized carbons (Fsp3) is 0.160. The Labute approximate surface area is 237 Å². The van der Waals surface area contributed by atoms with Gasteiger partial charge in [0.15, 0.2) is 0 Å². The van der Waals surface area contributed by atoms with E-state index >= 15 is 0 Å². The van der Waals surface area contributed by atoms with Gasteiger partial charge in [0.1, 0.15) is 4.33 Å². The molecule has 0 heterocycles. The summed E-state index contributed by atoms with van der Waals surface area (Å²) in [6.07, 6.45) is -1.23. The molecule has 0 bridgehead atoms. The number of alkyl halides is 2. The largest absolute Gasteiger partial charge is 0.465 e. The van der Waals surface area contributed by atoms with E-state index in [-0.39, 0.29) is 10.6 Å². The Morgan fingerprint density at radius 2 is 1.46 bits per heavy atom. The molecule has 2 atom stereocenters. The van der Waals surface area contributed by atoms with Crippen molar-refractivity contribution in [1.29, 1.82) is 0 Å². The maximum Gasteiger partial charge on any atom is 0.409 e. The number of halogens is 5. The molecule has 0 aromatic heterocycles. The lowest BCUT2D eigenvalue weighted by atomic mass is 10.1. The van der Waals surface area contributed by atoms with Crippen LogP contribution < -0.4 is 16.0 Å². The number of aryl methyl sites for hydroxylation is 1. The average molecular weight is 602 g/mol. The van der Waals surface area contributed by atoms with Gasteiger partial charge >= 0.3 is 6.09 Å². The Kier molecular flexibility index (Phi) is 7.83. The number of rotatable bonds is 6. The Morgan fingerprint density at radius 3 is 2.11 bits per heavy atom. The average Bonchev–Trinajstić information content (AvgIpc) is 3.38. The number of carbonyl (C=O) groups excluding carboxylic acids is 2. The molecule has 3 aromatic rings. The number of hydrogen-bond acceptors (Lipinski definition) is 3. The molecular weight excluding hydrogens is 584 g/mol. The van der Waals surface area contributed by atoms with Gasteiger partial charge in [0.25, 0.3) is 5.91 Å². The maximum atomic E-state index is 13.0.